The first-order chi connectivity index (χ1) is 6.24. The molecule has 70 valence electrons. The van der Waals surface area contributed by atoms with E-state index in [0.29, 0.717) is 11.3 Å². The molecule has 1 aromatic rings. The van der Waals surface area contributed by atoms with Gasteiger partial charge in [-0.1, -0.05) is 23.7 Å². The van der Waals surface area contributed by atoms with Gasteiger partial charge in [0.25, 0.3) is 0 Å². The lowest BCUT2D eigenvalue weighted by Gasteiger charge is -2.12. The Morgan fingerprint density at radius 3 is 2.92 bits per heavy atom. The van der Waals surface area contributed by atoms with Crippen LogP contribution in [0.25, 0.3) is 0 Å². The smallest absolute Gasteiger partial charge is 0.0640 e. The number of anilines is 1. The quantitative estimate of drug-likeness (QED) is 0.766. The lowest BCUT2D eigenvalue weighted by molar-refractivity contribution is 0.821. The molecule has 0 saturated heterocycles. The van der Waals surface area contributed by atoms with Crippen LogP contribution in [0.5, 0.6) is 0 Å². The van der Waals surface area contributed by atoms with Crippen LogP contribution in [0, 0.1) is 0 Å². The Hall–Kier alpha value is -0.340. The molecule has 0 bridgehead atoms. The number of rotatable bonds is 1. The maximum atomic E-state index is 6.09. The molecule has 0 aliphatic carbocycles. The third-order valence-electron chi connectivity index (χ3n) is 2.43. The monoisotopic (exact) mass is 213 g/mol. The molecule has 1 aliphatic heterocycles. The van der Waals surface area contributed by atoms with Crippen LogP contribution in [0.1, 0.15) is 17.7 Å². The van der Waals surface area contributed by atoms with Gasteiger partial charge in [0.1, 0.15) is 0 Å². The normalized spacial score (nSPS) is 25.5. The number of nitrogens with one attached hydrogen (secondary N) is 1. The summed E-state index contributed by atoms with van der Waals surface area (Å²) in [5, 5.41) is 4.78. The molecular weight excluding hydrogens is 202 g/mol. The summed E-state index contributed by atoms with van der Waals surface area (Å²) in [6, 6.07) is 6.58. The van der Waals surface area contributed by atoms with Gasteiger partial charge in [0.15, 0.2) is 0 Å². The number of thioether (sulfide) groups is 1. The Labute approximate surface area is 87.9 Å². The van der Waals surface area contributed by atoms with E-state index in [2.05, 4.69) is 24.6 Å². The Morgan fingerprint density at radius 1 is 1.46 bits per heavy atom. The second-order valence-electron chi connectivity index (χ2n) is 3.29. The van der Waals surface area contributed by atoms with Crippen LogP contribution >= 0.6 is 23.4 Å². The summed E-state index contributed by atoms with van der Waals surface area (Å²) < 4.78 is 0. The fourth-order valence-electron chi connectivity index (χ4n) is 1.83. The van der Waals surface area contributed by atoms with E-state index in [1.165, 1.54) is 5.56 Å². The van der Waals surface area contributed by atoms with Crippen LogP contribution in [0.3, 0.4) is 0 Å². The van der Waals surface area contributed by atoms with Crippen molar-refractivity contribution in [3.63, 3.8) is 0 Å². The van der Waals surface area contributed by atoms with Crippen LogP contribution in [0.2, 0.25) is 5.02 Å². The molecule has 0 spiro atoms. The fourth-order valence-corrected chi connectivity index (χ4v) is 3.00. The molecule has 2 rings (SSSR count). The summed E-state index contributed by atoms with van der Waals surface area (Å²) in [5.41, 5.74) is 2.46. The average molecular weight is 214 g/mol. The second-order valence-corrected chi connectivity index (χ2v) is 4.68. The maximum Gasteiger partial charge on any atom is 0.0640 e. The number of para-hydroxylation sites is 1. The van der Waals surface area contributed by atoms with E-state index in [0.717, 1.165) is 10.7 Å². The summed E-state index contributed by atoms with van der Waals surface area (Å²) in [4.78, 5) is 0. The Bertz CT molecular complexity index is 327. The van der Waals surface area contributed by atoms with Gasteiger partial charge in [-0.15, -0.1) is 0 Å². The lowest BCUT2D eigenvalue weighted by Crippen LogP contribution is -2.12. The Kier molecular flexibility index (Phi) is 2.43. The van der Waals surface area contributed by atoms with Gasteiger partial charge < -0.3 is 5.32 Å². The number of fused-ring (bicyclic) bond motifs is 1. The van der Waals surface area contributed by atoms with E-state index < -0.39 is 0 Å². The highest BCUT2D eigenvalue weighted by Crippen LogP contribution is 2.44. The van der Waals surface area contributed by atoms with Crippen molar-refractivity contribution in [1.29, 1.82) is 0 Å². The zero-order valence-corrected chi connectivity index (χ0v) is 9.25. The SMILES string of the molecule is CSC1c2cccc(Cl)c2NC1C. The van der Waals surface area contributed by atoms with Gasteiger partial charge in [-0.25, -0.2) is 0 Å². The molecule has 0 fully saturated rings. The molecule has 0 aromatic heterocycles. The number of hydrogen-bond acceptors (Lipinski definition) is 2. The summed E-state index contributed by atoms with van der Waals surface area (Å²) in [6.45, 7) is 2.19. The van der Waals surface area contributed by atoms with E-state index in [4.69, 9.17) is 11.6 Å². The summed E-state index contributed by atoms with van der Waals surface area (Å²) in [7, 11) is 0. The van der Waals surface area contributed by atoms with Crippen LogP contribution in [-0.4, -0.2) is 12.3 Å². The third kappa shape index (κ3) is 1.42. The summed E-state index contributed by atoms with van der Waals surface area (Å²) >= 11 is 7.96. The second kappa shape index (κ2) is 3.43. The zero-order valence-electron chi connectivity index (χ0n) is 7.67. The summed E-state index contributed by atoms with van der Waals surface area (Å²) in [6.07, 6.45) is 2.14. The van der Waals surface area contributed by atoms with Crippen molar-refractivity contribution in [2.45, 2.75) is 18.2 Å². The van der Waals surface area contributed by atoms with Crippen molar-refractivity contribution in [3.8, 4) is 0 Å². The van der Waals surface area contributed by atoms with E-state index in [-0.39, 0.29) is 0 Å². The van der Waals surface area contributed by atoms with Gasteiger partial charge in [0, 0.05) is 6.04 Å². The Balaban J connectivity index is 2.48. The molecule has 1 aliphatic rings. The molecule has 1 N–H and O–H groups in total. The van der Waals surface area contributed by atoms with Crippen molar-refractivity contribution in [2.75, 3.05) is 11.6 Å². The Morgan fingerprint density at radius 2 is 2.23 bits per heavy atom. The molecule has 1 heterocycles. The third-order valence-corrected chi connectivity index (χ3v) is 3.92. The van der Waals surface area contributed by atoms with Gasteiger partial charge >= 0.3 is 0 Å². The van der Waals surface area contributed by atoms with Crippen molar-refractivity contribution in [1.82, 2.24) is 0 Å². The van der Waals surface area contributed by atoms with Gasteiger partial charge in [0.05, 0.1) is 16.0 Å². The van der Waals surface area contributed by atoms with E-state index in [1.807, 2.05) is 23.9 Å². The van der Waals surface area contributed by atoms with Crippen LogP contribution in [-0.2, 0) is 0 Å². The molecule has 3 heteroatoms. The van der Waals surface area contributed by atoms with Crippen molar-refractivity contribution >= 4 is 29.1 Å². The van der Waals surface area contributed by atoms with Crippen LogP contribution < -0.4 is 5.32 Å². The molecule has 0 radical (unpaired) electrons. The zero-order chi connectivity index (χ0) is 9.42. The average Bonchev–Trinajstić information content (AvgIpc) is 2.43. The minimum Gasteiger partial charge on any atom is -0.380 e. The van der Waals surface area contributed by atoms with Gasteiger partial charge in [-0.05, 0) is 24.8 Å². The van der Waals surface area contributed by atoms with Gasteiger partial charge in [-0.3, -0.25) is 0 Å². The van der Waals surface area contributed by atoms with Crippen LogP contribution in [0.4, 0.5) is 5.69 Å². The minimum absolute atomic E-state index is 0.477. The predicted molar refractivity (Wildman–Crippen MR) is 60.8 cm³/mol. The molecule has 1 nitrogen and oxygen atoms in total. The molecule has 0 saturated carbocycles. The number of benzene rings is 1. The first-order valence-electron chi connectivity index (χ1n) is 4.31. The van der Waals surface area contributed by atoms with Gasteiger partial charge in [0.2, 0.25) is 0 Å². The van der Waals surface area contributed by atoms with Crippen molar-refractivity contribution in [2.24, 2.45) is 0 Å². The maximum absolute atomic E-state index is 6.09. The summed E-state index contributed by atoms with van der Waals surface area (Å²) in [5.74, 6) is 0. The first-order valence-corrected chi connectivity index (χ1v) is 5.98. The lowest BCUT2D eigenvalue weighted by atomic mass is 10.1. The standard InChI is InChI=1S/C10H12ClNS/c1-6-10(13-2)7-4-3-5-8(11)9(7)12-6/h3-6,10,12H,1-2H3. The van der Waals surface area contributed by atoms with E-state index in [9.17, 15) is 0 Å². The topological polar surface area (TPSA) is 12.0 Å². The molecule has 1 aromatic carbocycles. The minimum atomic E-state index is 0.477. The number of hydrogen-bond donors (Lipinski definition) is 1. The predicted octanol–water partition coefficient (Wildman–Crippen LogP) is 3.56. The largest absolute Gasteiger partial charge is 0.380 e. The molecule has 0 amide bonds. The molecule has 2 atom stereocenters. The molecule has 2 unspecified atom stereocenters. The van der Waals surface area contributed by atoms with Crippen molar-refractivity contribution < 1.29 is 0 Å². The highest BCUT2D eigenvalue weighted by atomic mass is 35.5. The van der Waals surface area contributed by atoms with Gasteiger partial charge in [-0.2, -0.15) is 11.8 Å². The molecular formula is C10H12ClNS. The van der Waals surface area contributed by atoms with Crippen LogP contribution in [0.15, 0.2) is 18.2 Å². The fraction of sp³-hybridized carbons (Fsp3) is 0.400. The van der Waals surface area contributed by atoms with Crippen molar-refractivity contribution in [3.05, 3.63) is 28.8 Å². The number of halogens is 1. The van der Waals surface area contributed by atoms with E-state index in [1.54, 1.807) is 0 Å². The first kappa shape index (κ1) is 9.22. The molecule has 13 heavy (non-hydrogen) atoms. The highest BCUT2D eigenvalue weighted by molar-refractivity contribution is 7.98. The van der Waals surface area contributed by atoms with E-state index >= 15 is 0 Å². The highest BCUT2D eigenvalue weighted by Gasteiger charge is 2.29.